The van der Waals surface area contributed by atoms with E-state index in [1.807, 2.05) is 31.5 Å². The Hall–Kier alpha value is -4.20. The molecule has 1 fully saturated rings. The maximum Gasteiger partial charge on any atom is 0.321 e. The molecule has 4 aromatic rings. The van der Waals surface area contributed by atoms with Crippen LogP contribution in [0.4, 0.5) is 5.69 Å². The molecule has 0 unspecified atom stereocenters. The maximum absolute atomic E-state index is 5.69. The van der Waals surface area contributed by atoms with Gasteiger partial charge in [0.15, 0.2) is 0 Å². The van der Waals surface area contributed by atoms with Gasteiger partial charge in [-0.2, -0.15) is 5.10 Å². The minimum atomic E-state index is 0.308. The molecule has 0 saturated carbocycles. The lowest BCUT2D eigenvalue weighted by Crippen LogP contribution is -2.46. The highest BCUT2D eigenvalue weighted by molar-refractivity contribution is 5.78. The van der Waals surface area contributed by atoms with E-state index in [0.29, 0.717) is 11.8 Å². The van der Waals surface area contributed by atoms with Crippen molar-refractivity contribution in [2.45, 2.75) is 13.5 Å². The highest BCUT2D eigenvalue weighted by Crippen LogP contribution is 2.32. The molecule has 2 aliphatic heterocycles. The minimum absolute atomic E-state index is 0.308. The number of para-hydroxylation sites is 1. The van der Waals surface area contributed by atoms with Crippen LogP contribution in [0.3, 0.4) is 0 Å². The summed E-state index contributed by atoms with van der Waals surface area (Å²) in [6, 6.07) is 14.6. The van der Waals surface area contributed by atoms with Crippen molar-refractivity contribution in [1.82, 2.24) is 29.6 Å². The highest BCUT2D eigenvalue weighted by atomic mass is 16.5. The predicted molar refractivity (Wildman–Crippen MR) is 131 cm³/mol. The van der Waals surface area contributed by atoms with Crippen LogP contribution >= 0.6 is 0 Å². The topological polar surface area (TPSA) is 72.2 Å². The fourth-order valence-corrected chi connectivity index (χ4v) is 4.62. The number of piperazine rings is 1. The van der Waals surface area contributed by atoms with Crippen LogP contribution in [0.1, 0.15) is 11.4 Å². The molecule has 5 heterocycles. The van der Waals surface area contributed by atoms with E-state index in [-0.39, 0.29) is 0 Å². The summed E-state index contributed by atoms with van der Waals surface area (Å²) in [5.41, 5.74) is 6.93. The monoisotopic (exact) mass is 451 g/mol. The van der Waals surface area contributed by atoms with Gasteiger partial charge in [-0.25, -0.2) is 9.97 Å². The normalized spacial score (nSPS) is 15.3. The van der Waals surface area contributed by atoms with Gasteiger partial charge in [0.2, 0.25) is 0 Å². The van der Waals surface area contributed by atoms with E-state index >= 15 is 0 Å². The maximum atomic E-state index is 5.69. The number of fused-ring (bicyclic) bond motifs is 1. The molecule has 0 atom stereocenters. The molecule has 170 valence electrons. The number of rotatable bonds is 5. The van der Waals surface area contributed by atoms with Crippen molar-refractivity contribution in [2.75, 3.05) is 31.1 Å². The minimum Gasteiger partial charge on any atom is -0.423 e. The van der Waals surface area contributed by atoms with Crippen LogP contribution in [-0.2, 0) is 6.54 Å². The first-order valence-corrected chi connectivity index (χ1v) is 11.5. The van der Waals surface area contributed by atoms with E-state index in [1.165, 1.54) is 17.1 Å². The Bertz CT molecular complexity index is 1320. The Labute approximate surface area is 198 Å². The van der Waals surface area contributed by atoms with Crippen molar-refractivity contribution in [3.63, 3.8) is 0 Å². The molecule has 0 aliphatic carbocycles. The number of anilines is 1. The van der Waals surface area contributed by atoms with Gasteiger partial charge in [-0.1, -0.05) is 18.2 Å². The van der Waals surface area contributed by atoms with Crippen LogP contribution in [0.15, 0.2) is 72.9 Å². The van der Waals surface area contributed by atoms with E-state index < -0.39 is 0 Å². The summed E-state index contributed by atoms with van der Waals surface area (Å²) in [6.07, 6.45) is 9.26. The Morgan fingerprint density at radius 3 is 2.44 bits per heavy atom. The van der Waals surface area contributed by atoms with Gasteiger partial charge in [0, 0.05) is 67.3 Å². The quantitative estimate of drug-likeness (QED) is 0.454. The molecule has 34 heavy (non-hydrogen) atoms. The van der Waals surface area contributed by atoms with E-state index in [1.54, 1.807) is 12.4 Å². The van der Waals surface area contributed by atoms with Crippen LogP contribution in [0, 0.1) is 6.92 Å². The van der Waals surface area contributed by atoms with Crippen molar-refractivity contribution in [3.8, 4) is 22.9 Å². The van der Waals surface area contributed by atoms with E-state index in [4.69, 9.17) is 4.74 Å². The third-order valence-corrected chi connectivity index (χ3v) is 6.27. The number of aryl methyl sites for hydroxylation is 1. The van der Waals surface area contributed by atoms with Gasteiger partial charge in [0.1, 0.15) is 5.75 Å². The molecule has 0 radical (unpaired) electrons. The lowest BCUT2D eigenvalue weighted by Gasteiger charge is -2.38. The van der Waals surface area contributed by atoms with Crippen molar-refractivity contribution in [3.05, 3.63) is 84.3 Å². The first kappa shape index (κ1) is 20.4. The number of hydrogen-bond acceptors (Lipinski definition) is 7. The molecule has 6 rings (SSSR count). The number of aromatic nitrogens is 5. The van der Waals surface area contributed by atoms with Gasteiger partial charge in [0.25, 0.3) is 0 Å². The molecule has 1 aromatic carbocycles. The zero-order valence-corrected chi connectivity index (χ0v) is 19.0. The summed E-state index contributed by atoms with van der Waals surface area (Å²) in [4.78, 5) is 17.8. The number of benzene rings is 1. The van der Waals surface area contributed by atoms with Crippen molar-refractivity contribution in [2.24, 2.45) is 0 Å². The van der Waals surface area contributed by atoms with Crippen LogP contribution in [-0.4, -0.2) is 55.8 Å². The van der Waals surface area contributed by atoms with Gasteiger partial charge in [-0.15, -0.1) is 0 Å². The van der Waals surface area contributed by atoms with Crippen LogP contribution in [0.25, 0.3) is 17.2 Å². The summed E-state index contributed by atoms with van der Waals surface area (Å²) in [5, 5.41) is 4.58. The summed E-state index contributed by atoms with van der Waals surface area (Å²) in [5.74, 6) is 0.615. The van der Waals surface area contributed by atoms with Gasteiger partial charge in [-0.3, -0.25) is 9.67 Å². The Morgan fingerprint density at radius 1 is 0.882 bits per heavy atom. The predicted octanol–water partition coefficient (Wildman–Crippen LogP) is 4.01. The summed E-state index contributed by atoms with van der Waals surface area (Å²) in [6.45, 7) is 6.79. The largest absolute Gasteiger partial charge is 0.423 e. The van der Waals surface area contributed by atoms with Crippen LogP contribution < -0.4 is 9.64 Å². The molecule has 3 aromatic heterocycles. The molecular weight excluding hydrogens is 426 g/mol. The summed E-state index contributed by atoms with van der Waals surface area (Å²) >= 11 is 0. The highest BCUT2D eigenvalue weighted by Gasteiger charge is 2.24. The smallest absolute Gasteiger partial charge is 0.321 e. The second-order valence-corrected chi connectivity index (χ2v) is 8.54. The molecule has 8 heteroatoms. The number of hydrogen-bond donors (Lipinski definition) is 0. The van der Waals surface area contributed by atoms with Gasteiger partial charge in [-0.05, 0) is 37.3 Å². The standard InChI is InChI=1S/C26H25N7O/c1-19-13-21-14-22(18-33(21)30-19)31-9-11-32(12-10-31)25-7-3-2-6-24(25)20-15-28-26(29-16-20)34-23-5-4-8-27-17-23/h2-8,13-17H,9-12,18H2,1H3. The van der Waals surface area contributed by atoms with Gasteiger partial charge >= 0.3 is 6.01 Å². The van der Waals surface area contributed by atoms with Crippen LogP contribution in [0.5, 0.6) is 11.8 Å². The zero-order valence-electron chi connectivity index (χ0n) is 19.0. The molecule has 1 saturated heterocycles. The number of ether oxygens (including phenoxy) is 1. The average Bonchev–Trinajstić information content (AvgIpc) is 3.43. The zero-order chi connectivity index (χ0) is 22.9. The summed E-state index contributed by atoms with van der Waals surface area (Å²) in [7, 11) is 0. The van der Waals surface area contributed by atoms with Gasteiger partial charge in [0.05, 0.1) is 24.1 Å². The third kappa shape index (κ3) is 3.98. The lowest BCUT2D eigenvalue weighted by atomic mass is 10.1. The van der Waals surface area contributed by atoms with E-state index in [2.05, 4.69) is 70.9 Å². The van der Waals surface area contributed by atoms with Gasteiger partial charge < -0.3 is 14.5 Å². The molecule has 0 amide bonds. The molecule has 0 N–H and O–H groups in total. The van der Waals surface area contributed by atoms with Crippen LogP contribution in [0.2, 0.25) is 0 Å². The summed E-state index contributed by atoms with van der Waals surface area (Å²) < 4.78 is 7.78. The average molecular weight is 452 g/mol. The lowest BCUT2D eigenvalue weighted by molar-refractivity contribution is 0.309. The van der Waals surface area contributed by atoms with Crippen molar-refractivity contribution >= 4 is 11.8 Å². The fourth-order valence-electron chi connectivity index (χ4n) is 4.62. The molecule has 0 spiro atoms. The third-order valence-electron chi connectivity index (χ3n) is 6.27. The molecule has 2 aliphatic rings. The van der Waals surface area contributed by atoms with E-state index in [0.717, 1.165) is 49.5 Å². The first-order chi connectivity index (χ1) is 16.7. The number of nitrogens with zero attached hydrogens (tertiary/aromatic N) is 7. The molecule has 0 bridgehead atoms. The molecule has 8 nitrogen and oxygen atoms in total. The number of pyridine rings is 1. The number of allylic oxidation sites excluding steroid dienone is 1. The Kier molecular flexibility index (Phi) is 5.18. The SMILES string of the molecule is Cc1cc2n(n1)CC(N1CCN(c3ccccc3-c3cnc(Oc4cccnc4)nc3)CC1)=C2. The molecular formula is C26H25N7O. The second-order valence-electron chi connectivity index (χ2n) is 8.54. The van der Waals surface area contributed by atoms with Crippen molar-refractivity contribution < 1.29 is 4.74 Å². The fraction of sp³-hybridized carbons (Fsp3) is 0.231. The Morgan fingerprint density at radius 2 is 1.68 bits per heavy atom. The van der Waals surface area contributed by atoms with Crippen molar-refractivity contribution in [1.29, 1.82) is 0 Å². The van der Waals surface area contributed by atoms with E-state index in [9.17, 15) is 0 Å². The second kappa shape index (κ2) is 8.62. The Balaban J connectivity index is 1.15. The first-order valence-electron chi connectivity index (χ1n) is 11.5.